The smallest absolute Gasteiger partial charge is 0.445 e. The Hall–Kier alpha value is -0.445. The molecule has 0 aromatic rings. The van der Waals surface area contributed by atoms with Crippen molar-refractivity contribution in [1.82, 2.24) is 4.90 Å². The van der Waals surface area contributed by atoms with Crippen LogP contribution in [0.4, 0.5) is 12.9 Å². The van der Waals surface area contributed by atoms with E-state index in [1.54, 1.807) is 0 Å². The minimum atomic E-state index is -4.85. The molecule has 5 heteroatoms. The zero-order valence-corrected chi connectivity index (χ0v) is 9.19. The van der Waals surface area contributed by atoms with Crippen LogP contribution >= 0.6 is 0 Å². The van der Waals surface area contributed by atoms with E-state index in [0.29, 0.717) is 5.92 Å². The fourth-order valence-electron chi connectivity index (χ4n) is 1.94. The predicted molar refractivity (Wildman–Crippen MR) is 57.7 cm³/mol. The highest BCUT2D eigenvalue weighted by atomic mass is 19.4. The molecule has 88 valence electrons. The van der Waals surface area contributed by atoms with Gasteiger partial charge in [-0.3, -0.25) is 0 Å². The molecule has 15 heavy (non-hydrogen) atoms. The summed E-state index contributed by atoms with van der Waals surface area (Å²) in [6.45, 7) is 1.97. The maximum absolute atomic E-state index is 12.3. The minimum absolute atomic E-state index is 0.0000652. The maximum atomic E-state index is 12.3. The van der Waals surface area contributed by atoms with Crippen LogP contribution in [0.3, 0.4) is 0 Å². The van der Waals surface area contributed by atoms with Gasteiger partial charge in [-0.15, -0.1) is 12.1 Å². The van der Waals surface area contributed by atoms with Crippen LogP contribution in [0.1, 0.15) is 26.2 Å². The molecule has 0 spiro atoms. The van der Waals surface area contributed by atoms with Crippen LogP contribution in [-0.4, -0.2) is 31.5 Å². The predicted octanol–water partition coefficient (Wildman–Crippen LogP) is 3.05. The summed E-state index contributed by atoms with van der Waals surface area (Å²) in [5, 5.41) is 0. The second kappa shape index (κ2) is 5.06. The molecule has 0 saturated carbocycles. The van der Waals surface area contributed by atoms with Crippen LogP contribution in [0.5, 0.6) is 0 Å². The molecule has 0 aliphatic carbocycles. The first-order valence-electron chi connectivity index (χ1n) is 5.53. The van der Waals surface area contributed by atoms with E-state index in [1.807, 2.05) is 4.90 Å². The Balaban J connectivity index is 2.33. The van der Waals surface area contributed by atoms with E-state index in [4.69, 9.17) is 0 Å². The number of halogens is 3. The van der Waals surface area contributed by atoms with Gasteiger partial charge in [0.1, 0.15) is 0 Å². The van der Waals surface area contributed by atoms with Gasteiger partial charge in [-0.1, -0.05) is 13.3 Å². The molecular formula is C10H18BF3N-. The first-order chi connectivity index (χ1) is 6.93. The largest absolute Gasteiger partial charge is 0.506 e. The monoisotopic (exact) mass is 220 g/mol. The molecule has 1 nitrogen and oxygen atoms in total. The lowest BCUT2D eigenvalue weighted by Crippen LogP contribution is -2.38. The van der Waals surface area contributed by atoms with Crippen LogP contribution in [0.2, 0.25) is 0 Å². The summed E-state index contributed by atoms with van der Waals surface area (Å²) in [4.78, 5) is 1.86. The Morgan fingerprint density at radius 2 is 1.87 bits per heavy atom. The van der Waals surface area contributed by atoms with Crippen LogP contribution in [-0.2, 0) is 0 Å². The van der Waals surface area contributed by atoms with Gasteiger partial charge in [-0.25, -0.2) is 0 Å². The van der Waals surface area contributed by atoms with Gasteiger partial charge in [0.25, 0.3) is 0 Å². The second-order valence-corrected chi connectivity index (χ2v) is 4.36. The van der Waals surface area contributed by atoms with Crippen LogP contribution in [0, 0.1) is 5.92 Å². The first kappa shape index (κ1) is 12.6. The van der Waals surface area contributed by atoms with Crippen molar-refractivity contribution in [3.63, 3.8) is 0 Å². The zero-order chi connectivity index (χ0) is 11.5. The first-order valence-corrected chi connectivity index (χ1v) is 5.53. The van der Waals surface area contributed by atoms with Gasteiger partial charge in [0, 0.05) is 0 Å². The molecule has 1 fully saturated rings. The van der Waals surface area contributed by atoms with Gasteiger partial charge in [0.05, 0.1) is 0 Å². The molecule has 0 atom stereocenters. The molecule has 0 bridgehead atoms. The second-order valence-electron chi connectivity index (χ2n) is 4.36. The van der Waals surface area contributed by atoms with Gasteiger partial charge < -0.3 is 17.8 Å². The lowest BCUT2D eigenvalue weighted by atomic mass is 9.79. The van der Waals surface area contributed by atoms with Crippen molar-refractivity contribution in [3.8, 4) is 0 Å². The van der Waals surface area contributed by atoms with Crippen molar-refractivity contribution in [2.45, 2.75) is 26.2 Å². The molecule has 0 unspecified atom stereocenters. The normalized spacial score (nSPS) is 20.5. The molecule has 1 aliphatic rings. The highest BCUT2D eigenvalue weighted by Gasteiger charge is 2.28. The molecule has 1 rings (SSSR count). The molecule has 0 N–H and O–H groups in total. The summed E-state index contributed by atoms with van der Waals surface area (Å²) >= 11 is 0. The van der Waals surface area contributed by atoms with Crippen LogP contribution < -0.4 is 0 Å². The third kappa shape index (κ3) is 3.90. The lowest BCUT2D eigenvalue weighted by molar-refractivity contribution is 0.194. The Kier molecular flexibility index (Phi) is 4.26. The molecule has 0 aromatic carbocycles. The number of nitrogens with zero attached hydrogens (tertiary/aromatic N) is 1. The standard InChI is InChI=1S/C10H18BF3N/c1-3-10-4-6-15(7-5-10)8-9(2)11(12,13)14/h10H,2-8H2,1H3/q-1. The maximum Gasteiger partial charge on any atom is 0.506 e. The van der Waals surface area contributed by atoms with Gasteiger partial charge in [0.15, 0.2) is 0 Å². The van der Waals surface area contributed by atoms with Crippen molar-refractivity contribution in [2.75, 3.05) is 19.6 Å². The van der Waals surface area contributed by atoms with E-state index in [-0.39, 0.29) is 6.54 Å². The van der Waals surface area contributed by atoms with Gasteiger partial charge in [-0.2, -0.15) is 0 Å². The van der Waals surface area contributed by atoms with E-state index in [1.165, 1.54) is 0 Å². The Bertz CT molecular complexity index is 219. The summed E-state index contributed by atoms with van der Waals surface area (Å²) in [7, 11) is 0. The van der Waals surface area contributed by atoms with Crippen molar-refractivity contribution >= 4 is 6.98 Å². The van der Waals surface area contributed by atoms with E-state index in [2.05, 4.69) is 13.5 Å². The fourth-order valence-corrected chi connectivity index (χ4v) is 1.94. The Morgan fingerprint density at radius 1 is 1.33 bits per heavy atom. The van der Waals surface area contributed by atoms with Crippen molar-refractivity contribution in [3.05, 3.63) is 12.1 Å². The number of hydrogen-bond donors (Lipinski definition) is 0. The molecule has 0 aromatic heterocycles. The lowest BCUT2D eigenvalue weighted by Gasteiger charge is -2.33. The fraction of sp³-hybridized carbons (Fsp3) is 0.800. The van der Waals surface area contributed by atoms with Crippen molar-refractivity contribution in [2.24, 2.45) is 5.92 Å². The molecule has 0 radical (unpaired) electrons. The SMILES string of the molecule is C=C(CN1CCC(CC)CC1)[B-](F)(F)F. The number of hydrogen-bond acceptors (Lipinski definition) is 1. The average molecular weight is 220 g/mol. The average Bonchev–Trinajstić information content (AvgIpc) is 2.17. The topological polar surface area (TPSA) is 3.24 Å². The summed E-state index contributed by atoms with van der Waals surface area (Å²) in [5.74, 6) is 0.700. The molecule has 0 amide bonds. The minimum Gasteiger partial charge on any atom is -0.445 e. The third-order valence-electron chi connectivity index (χ3n) is 3.17. The van der Waals surface area contributed by atoms with Crippen molar-refractivity contribution < 1.29 is 12.9 Å². The highest BCUT2D eigenvalue weighted by molar-refractivity contribution is 6.66. The summed E-state index contributed by atoms with van der Waals surface area (Å²) in [6, 6.07) is 0. The van der Waals surface area contributed by atoms with Gasteiger partial charge in [-0.05, 0) is 38.4 Å². The van der Waals surface area contributed by atoms with Gasteiger partial charge in [0.2, 0.25) is 0 Å². The summed E-state index contributed by atoms with van der Waals surface area (Å²) in [6.07, 6.45) is 3.18. The van der Waals surface area contributed by atoms with E-state index in [0.717, 1.165) is 32.4 Å². The zero-order valence-electron chi connectivity index (χ0n) is 9.19. The Labute approximate surface area is 89.4 Å². The van der Waals surface area contributed by atoms with Crippen LogP contribution in [0.25, 0.3) is 0 Å². The Morgan fingerprint density at radius 3 is 2.27 bits per heavy atom. The van der Waals surface area contributed by atoms with Crippen molar-refractivity contribution in [1.29, 1.82) is 0 Å². The third-order valence-corrected chi connectivity index (χ3v) is 3.17. The molecule has 1 heterocycles. The van der Waals surface area contributed by atoms with E-state index >= 15 is 0 Å². The van der Waals surface area contributed by atoms with E-state index < -0.39 is 12.4 Å². The molecular weight excluding hydrogens is 202 g/mol. The molecule has 1 saturated heterocycles. The summed E-state index contributed by atoms with van der Waals surface area (Å²) in [5.41, 5.74) is -0.565. The number of likely N-dealkylation sites (tertiary alicyclic amines) is 1. The number of rotatable bonds is 4. The summed E-state index contributed by atoms with van der Waals surface area (Å²) < 4.78 is 36.8. The van der Waals surface area contributed by atoms with Crippen LogP contribution in [0.15, 0.2) is 12.1 Å². The molecule has 1 aliphatic heterocycles. The number of piperidine rings is 1. The van der Waals surface area contributed by atoms with Gasteiger partial charge >= 0.3 is 6.98 Å². The van der Waals surface area contributed by atoms with E-state index in [9.17, 15) is 12.9 Å². The highest BCUT2D eigenvalue weighted by Crippen LogP contribution is 2.23. The quantitative estimate of drug-likeness (QED) is 0.658.